The maximum Gasteiger partial charge on any atom is 0.0972 e. The van der Waals surface area contributed by atoms with E-state index in [1.807, 2.05) is 12.1 Å². The third kappa shape index (κ3) is 2.81. The van der Waals surface area contributed by atoms with Crippen LogP contribution in [0, 0.1) is 6.92 Å². The average Bonchev–Trinajstić information content (AvgIpc) is 2.64. The molecule has 104 valence electrons. The summed E-state index contributed by atoms with van der Waals surface area (Å²) in [5, 5.41) is 23.2. The summed E-state index contributed by atoms with van der Waals surface area (Å²) < 4.78 is 2.17. The van der Waals surface area contributed by atoms with Gasteiger partial charge < -0.3 is 20.1 Å². The highest BCUT2D eigenvalue weighted by Gasteiger charge is 2.19. The zero-order chi connectivity index (χ0) is 14.0. The van der Waals surface area contributed by atoms with Gasteiger partial charge in [-0.2, -0.15) is 0 Å². The van der Waals surface area contributed by atoms with E-state index in [1.165, 1.54) is 22.2 Å². The highest BCUT2D eigenvalue weighted by molar-refractivity contribution is 5.85. The van der Waals surface area contributed by atoms with Crippen molar-refractivity contribution in [2.45, 2.75) is 26.0 Å². The molecule has 1 aromatic heterocycles. The van der Waals surface area contributed by atoms with Gasteiger partial charge in [-0.15, -0.1) is 0 Å². The lowest BCUT2D eigenvalue weighted by atomic mass is 10.1. The predicted octanol–water partition coefficient (Wildman–Crippen LogP) is 1.32. The van der Waals surface area contributed by atoms with Crippen molar-refractivity contribution in [1.29, 1.82) is 0 Å². The van der Waals surface area contributed by atoms with Crippen molar-refractivity contribution in [3.8, 4) is 0 Å². The Labute approximate surface area is 113 Å². The fourth-order valence-electron chi connectivity index (χ4n) is 2.39. The van der Waals surface area contributed by atoms with Crippen molar-refractivity contribution in [3.05, 3.63) is 35.5 Å². The Morgan fingerprint density at radius 2 is 2.00 bits per heavy atom. The van der Waals surface area contributed by atoms with E-state index >= 15 is 0 Å². The second-order valence-corrected chi connectivity index (χ2v) is 5.41. The first-order valence-electron chi connectivity index (χ1n) is 6.53. The minimum Gasteiger partial charge on any atom is -0.393 e. The van der Waals surface area contributed by atoms with E-state index in [9.17, 15) is 5.11 Å². The van der Waals surface area contributed by atoms with Crippen molar-refractivity contribution in [2.75, 3.05) is 13.2 Å². The second-order valence-electron chi connectivity index (χ2n) is 5.41. The van der Waals surface area contributed by atoms with Gasteiger partial charge in [-0.1, -0.05) is 18.2 Å². The van der Waals surface area contributed by atoms with Crippen LogP contribution in [0.5, 0.6) is 0 Å². The standard InChI is InChI=1S/C15H22N2O2/c1-11-12-6-4-5-7-13(12)17(3)14(11)8-16-9-15(2,19)10-18/h4-7,16,18-19H,8-10H2,1-3H3. The maximum absolute atomic E-state index is 9.76. The molecular formula is C15H22N2O2. The molecule has 19 heavy (non-hydrogen) atoms. The lowest BCUT2D eigenvalue weighted by molar-refractivity contribution is 0.00245. The summed E-state index contributed by atoms with van der Waals surface area (Å²) in [5.74, 6) is 0. The summed E-state index contributed by atoms with van der Waals surface area (Å²) in [7, 11) is 2.05. The number of aromatic nitrogens is 1. The number of para-hydroxylation sites is 1. The maximum atomic E-state index is 9.76. The highest BCUT2D eigenvalue weighted by atomic mass is 16.3. The van der Waals surface area contributed by atoms with E-state index in [-0.39, 0.29) is 6.61 Å². The van der Waals surface area contributed by atoms with Gasteiger partial charge in [0.2, 0.25) is 0 Å². The fourth-order valence-corrected chi connectivity index (χ4v) is 2.39. The molecule has 1 aromatic carbocycles. The number of benzene rings is 1. The molecule has 1 heterocycles. The second kappa shape index (κ2) is 5.33. The molecule has 1 unspecified atom stereocenters. The SMILES string of the molecule is Cc1c(CNCC(C)(O)CO)n(C)c2ccccc12. The first kappa shape index (κ1) is 14.1. The fraction of sp³-hybridized carbons (Fsp3) is 0.467. The van der Waals surface area contributed by atoms with Crippen LogP contribution in [0.3, 0.4) is 0 Å². The quantitative estimate of drug-likeness (QED) is 0.761. The minimum absolute atomic E-state index is 0.242. The van der Waals surface area contributed by atoms with E-state index in [2.05, 4.69) is 36.0 Å². The predicted molar refractivity (Wildman–Crippen MR) is 77.1 cm³/mol. The molecule has 2 aromatic rings. The van der Waals surface area contributed by atoms with Crippen LogP contribution in [0.15, 0.2) is 24.3 Å². The molecular weight excluding hydrogens is 240 g/mol. The van der Waals surface area contributed by atoms with Gasteiger partial charge >= 0.3 is 0 Å². The average molecular weight is 262 g/mol. The van der Waals surface area contributed by atoms with E-state index in [1.54, 1.807) is 6.92 Å². The zero-order valence-electron chi connectivity index (χ0n) is 11.8. The third-order valence-corrected chi connectivity index (χ3v) is 3.65. The van der Waals surface area contributed by atoms with Crippen molar-refractivity contribution in [2.24, 2.45) is 7.05 Å². The first-order valence-corrected chi connectivity index (χ1v) is 6.53. The van der Waals surface area contributed by atoms with Crippen molar-refractivity contribution in [1.82, 2.24) is 9.88 Å². The summed E-state index contributed by atoms with van der Waals surface area (Å²) in [5.41, 5.74) is 2.60. The molecule has 0 saturated heterocycles. The summed E-state index contributed by atoms with van der Waals surface area (Å²) >= 11 is 0. The van der Waals surface area contributed by atoms with Gasteiger partial charge in [0, 0.05) is 36.7 Å². The monoisotopic (exact) mass is 262 g/mol. The van der Waals surface area contributed by atoms with Gasteiger partial charge in [-0.3, -0.25) is 0 Å². The summed E-state index contributed by atoms with van der Waals surface area (Å²) in [4.78, 5) is 0. The smallest absolute Gasteiger partial charge is 0.0972 e. The van der Waals surface area contributed by atoms with Gasteiger partial charge in [0.25, 0.3) is 0 Å². The molecule has 4 heteroatoms. The molecule has 0 aliphatic rings. The van der Waals surface area contributed by atoms with Gasteiger partial charge in [-0.05, 0) is 25.5 Å². The van der Waals surface area contributed by atoms with Crippen molar-refractivity contribution in [3.63, 3.8) is 0 Å². The van der Waals surface area contributed by atoms with Crippen LogP contribution < -0.4 is 5.32 Å². The number of aliphatic hydroxyl groups excluding tert-OH is 1. The van der Waals surface area contributed by atoms with Gasteiger partial charge in [0.1, 0.15) is 0 Å². The van der Waals surface area contributed by atoms with Crippen LogP contribution in [-0.4, -0.2) is 33.5 Å². The van der Waals surface area contributed by atoms with Crippen LogP contribution >= 0.6 is 0 Å². The third-order valence-electron chi connectivity index (χ3n) is 3.65. The van der Waals surface area contributed by atoms with Crippen LogP contribution in [0.25, 0.3) is 10.9 Å². The lowest BCUT2D eigenvalue weighted by Gasteiger charge is -2.21. The number of aryl methyl sites for hydroxylation is 2. The van der Waals surface area contributed by atoms with E-state index in [0.29, 0.717) is 13.1 Å². The van der Waals surface area contributed by atoms with Crippen molar-refractivity contribution >= 4 is 10.9 Å². The Balaban J connectivity index is 2.17. The molecule has 0 saturated carbocycles. The Morgan fingerprint density at radius 1 is 1.32 bits per heavy atom. The number of aliphatic hydroxyl groups is 2. The highest BCUT2D eigenvalue weighted by Crippen LogP contribution is 2.24. The minimum atomic E-state index is -1.07. The molecule has 2 rings (SSSR count). The molecule has 1 atom stereocenters. The first-order chi connectivity index (χ1) is 8.96. The summed E-state index contributed by atoms with van der Waals surface area (Å²) in [6, 6.07) is 8.31. The Morgan fingerprint density at radius 3 is 2.63 bits per heavy atom. The Bertz CT molecular complexity index is 534. The van der Waals surface area contributed by atoms with Crippen LogP contribution in [0.1, 0.15) is 18.2 Å². The molecule has 0 spiro atoms. The molecule has 0 radical (unpaired) electrons. The number of nitrogens with one attached hydrogen (secondary N) is 1. The van der Waals surface area contributed by atoms with Gasteiger partial charge in [0.05, 0.1) is 12.2 Å². The van der Waals surface area contributed by atoms with E-state index < -0.39 is 5.60 Å². The van der Waals surface area contributed by atoms with Gasteiger partial charge in [0.15, 0.2) is 0 Å². The zero-order valence-corrected chi connectivity index (χ0v) is 11.8. The normalized spacial score (nSPS) is 14.8. The van der Waals surface area contributed by atoms with Crippen molar-refractivity contribution < 1.29 is 10.2 Å². The number of fused-ring (bicyclic) bond motifs is 1. The molecule has 0 amide bonds. The lowest BCUT2D eigenvalue weighted by Crippen LogP contribution is -2.40. The van der Waals surface area contributed by atoms with Crippen LogP contribution in [0.2, 0.25) is 0 Å². The molecule has 3 N–H and O–H groups in total. The van der Waals surface area contributed by atoms with E-state index in [4.69, 9.17) is 5.11 Å². The Kier molecular flexibility index (Phi) is 3.94. The molecule has 4 nitrogen and oxygen atoms in total. The largest absolute Gasteiger partial charge is 0.393 e. The number of hydrogen-bond acceptors (Lipinski definition) is 3. The molecule has 0 aliphatic carbocycles. The molecule has 0 aliphatic heterocycles. The number of rotatable bonds is 5. The van der Waals surface area contributed by atoms with E-state index in [0.717, 1.165) is 0 Å². The Hall–Kier alpha value is -1.36. The number of nitrogens with zero attached hydrogens (tertiary/aromatic N) is 1. The van der Waals surface area contributed by atoms with Crippen LogP contribution in [0.4, 0.5) is 0 Å². The molecule has 0 bridgehead atoms. The summed E-state index contributed by atoms with van der Waals surface area (Å²) in [6.07, 6.45) is 0. The molecule has 0 fully saturated rings. The number of hydrogen-bond donors (Lipinski definition) is 3. The van der Waals surface area contributed by atoms with Crippen LogP contribution in [-0.2, 0) is 13.6 Å². The topological polar surface area (TPSA) is 57.4 Å². The van der Waals surface area contributed by atoms with Gasteiger partial charge in [-0.25, -0.2) is 0 Å². The summed E-state index contributed by atoms with van der Waals surface area (Å²) in [6.45, 7) is 4.53.